The molecule has 0 aromatic heterocycles. The Kier molecular flexibility index (Phi) is 2.50. The minimum absolute atomic E-state index is 0.241. The second-order valence-corrected chi connectivity index (χ2v) is 5.48. The van der Waals surface area contributed by atoms with Crippen LogP contribution < -0.4 is 0 Å². The Morgan fingerprint density at radius 3 is 2.62 bits per heavy atom. The lowest BCUT2D eigenvalue weighted by Crippen LogP contribution is -2.37. The van der Waals surface area contributed by atoms with Crippen molar-refractivity contribution >= 4 is 0 Å². The van der Waals surface area contributed by atoms with Crippen LogP contribution in [0.3, 0.4) is 0 Å². The Balaban J connectivity index is 1.81. The summed E-state index contributed by atoms with van der Waals surface area (Å²) >= 11 is 0. The van der Waals surface area contributed by atoms with Gasteiger partial charge in [0.25, 0.3) is 0 Å². The lowest BCUT2D eigenvalue weighted by molar-refractivity contribution is -0.182. The van der Waals surface area contributed by atoms with Crippen molar-refractivity contribution in [2.75, 3.05) is 13.2 Å². The van der Waals surface area contributed by atoms with Gasteiger partial charge in [0.2, 0.25) is 0 Å². The summed E-state index contributed by atoms with van der Waals surface area (Å²) in [6.45, 7) is 3.39. The molecular weight excluding hydrogens is 211 g/mol. The molecule has 0 amide bonds. The van der Waals surface area contributed by atoms with Crippen molar-refractivity contribution in [1.29, 1.82) is 0 Å². The highest BCUT2D eigenvalue weighted by Gasteiger charge is 2.57. The third-order valence-corrected chi connectivity index (χ3v) is 4.72. The molecule has 2 aliphatic carbocycles. The van der Waals surface area contributed by atoms with Crippen LogP contribution in [0.15, 0.2) is 0 Å². The summed E-state index contributed by atoms with van der Waals surface area (Å²) in [5, 5.41) is 9.59. The molecule has 1 saturated heterocycles. The Bertz CT molecular complexity index is 277. The molecule has 3 aliphatic rings. The van der Waals surface area contributed by atoms with Gasteiger partial charge in [0, 0.05) is 12.3 Å². The first-order chi connectivity index (χ1) is 7.62. The van der Waals surface area contributed by atoms with Crippen LogP contribution in [-0.2, 0) is 9.47 Å². The van der Waals surface area contributed by atoms with Crippen LogP contribution in [0.5, 0.6) is 0 Å². The van der Waals surface area contributed by atoms with Crippen molar-refractivity contribution in [3.63, 3.8) is 0 Å². The van der Waals surface area contributed by atoms with Gasteiger partial charge < -0.3 is 14.6 Å². The van der Waals surface area contributed by atoms with Crippen LogP contribution in [-0.4, -0.2) is 36.4 Å². The van der Waals surface area contributed by atoms with E-state index in [1.807, 2.05) is 0 Å². The van der Waals surface area contributed by atoms with E-state index in [4.69, 9.17) is 9.47 Å². The highest BCUT2D eigenvalue weighted by molar-refractivity contribution is 5.01. The van der Waals surface area contributed by atoms with Crippen LogP contribution in [0.2, 0.25) is 0 Å². The van der Waals surface area contributed by atoms with Crippen LogP contribution >= 0.6 is 0 Å². The third-order valence-electron chi connectivity index (χ3n) is 4.72. The molecule has 1 heterocycles. The monoisotopic (exact) mass is 230 g/mol. The zero-order valence-corrected chi connectivity index (χ0v) is 9.56. The normalized spacial score (nSPS) is 50.8. The number of aliphatic hydroxyl groups is 1. The molecule has 5 atom stereocenters. The van der Waals surface area contributed by atoms with Crippen LogP contribution in [0, 0.1) is 17.8 Å². The molecule has 2 saturated carbocycles. The number of halogens is 1. The number of alkyl halides is 1. The zero-order valence-electron chi connectivity index (χ0n) is 9.56. The summed E-state index contributed by atoms with van der Waals surface area (Å²) in [6.07, 6.45) is -0.0143. The standard InChI is InChI=1S/C12H19FO3/c1-7-9-5-10(13)11(14)4-8(9)6-12(7)15-2-3-16-12/h7-11,14H,2-6H2,1H3/t7-,8+,9-,10-,11-/m0/s1. The molecule has 0 aromatic carbocycles. The second kappa shape index (κ2) is 3.65. The van der Waals surface area contributed by atoms with E-state index in [9.17, 15) is 9.50 Å². The molecule has 0 bridgehead atoms. The van der Waals surface area contributed by atoms with E-state index in [-0.39, 0.29) is 5.92 Å². The first-order valence-electron chi connectivity index (χ1n) is 6.22. The summed E-state index contributed by atoms with van der Waals surface area (Å²) in [7, 11) is 0. The first-order valence-corrected chi connectivity index (χ1v) is 6.22. The minimum Gasteiger partial charge on any atom is -0.390 e. The molecule has 1 N–H and O–H groups in total. The average molecular weight is 230 g/mol. The van der Waals surface area contributed by atoms with Gasteiger partial charge in [-0.3, -0.25) is 0 Å². The highest BCUT2D eigenvalue weighted by atomic mass is 19.1. The van der Waals surface area contributed by atoms with Gasteiger partial charge >= 0.3 is 0 Å². The van der Waals surface area contributed by atoms with E-state index >= 15 is 0 Å². The van der Waals surface area contributed by atoms with Gasteiger partial charge in [0.05, 0.1) is 19.3 Å². The van der Waals surface area contributed by atoms with Gasteiger partial charge in [-0.05, 0) is 24.7 Å². The molecule has 4 heteroatoms. The van der Waals surface area contributed by atoms with Gasteiger partial charge in [-0.1, -0.05) is 6.92 Å². The fourth-order valence-corrected chi connectivity index (χ4v) is 3.82. The first kappa shape index (κ1) is 10.9. The predicted molar refractivity (Wildman–Crippen MR) is 55.5 cm³/mol. The fourth-order valence-electron chi connectivity index (χ4n) is 3.82. The summed E-state index contributed by atoms with van der Waals surface area (Å²) in [5.74, 6) is 0.427. The van der Waals surface area contributed by atoms with E-state index in [2.05, 4.69) is 6.92 Å². The molecule has 3 nitrogen and oxygen atoms in total. The zero-order chi connectivity index (χ0) is 11.3. The summed E-state index contributed by atoms with van der Waals surface area (Å²) in [5.41, 5.74) is 0. The summed E-state index contributed by atoms with van der Waals surface area (Å²) in [6, 6.07) is 0. The van der Waals surface area contributed by atoms with Crippen LogP contribution in [0.1, 0.15) is 26.2 Å². The van der Waals surface area contributed by atoms with E-state index in [1.165, 1.54) is 0 Å². The maximum atomic E-state index is 13.5. The number of rotatable bonds is 0. The Labute approximate surface area is 94.9 Å². The fraction of sp³-hybridized carbons (Fsp3) is 1.00. The third kappa shape index (κ3) is 1.43. The van der Waals surface area contributed by atoms with Crippen molar-refractivity contribution < 1.29 is 19.0 Å². The molecule has 3 rings (SSSR count). The molecule has 1 aliphatic heterocycles. The lowest BCUT2D eigenvalue weighted by atomic mass is 9.76. The van der Waals surface area contributed by atoms with Crippen molar-refractivity contribution in [3.05, 3.63) is 0 Å². The summed E-state index contributed by atoms with van der Waals surface area (Å²) < 4.78 is 25.0. The molecule has 16 heavy (non-hydrogen) atoms. The highest BCUT2D eigenvalue weighted by Crippen LogP contribution is 2.54. The maximum absolute atomic E-state index is 13.5. The maximum Gasteiger partial charge on any atom is 0.171 e. The van der Waals surface area contributed by atoms with Crippen molar-refractivity contribution in [1.82, 2.24) is 0 Å². The molecule has 1 spiro atoms. The van der Waals surface area contributed by atoms with Crippen LogP contribution in [0.4, 0.5) is 4.39 Å². The van der Waals surface area contributed by atoms with Crippen molar-refractivity contribution in [2.45, 2.75) is 44.2 Å². The van der Waals surface area contributed by atoms with E-state index in [1.54, 1.807) is 0 Å². The summed E-state index contributed by atoms with van der Waals surface area (Å²) in [4.78, 5) is 0. The second-order valence-electron chi connectivity index (χ2n) is 5.48. The van der Waals surface area contributed by atoms with Crippen LogP contribution in [0.25, 0.3) is 0 Å². The van der Waals surface area contributed by atoms with Gasteiger partial charge in [0.1, 0.15) is 6.17 Å². The van der Waals surface area contributed by atoms with E-state index in [0.717, 1.165) is 6.42 Å². The molecule has 0 unspecified atom stereocenters. The molecule has 92 valence electrons. The number of fused-ring (bicyclic) bond motifs is 1. The van der Waals surface area contributed by atoms with Gasteiger partial charge in [-0.2, -0.15) is 0 Å². The van der Waals surface area contributed by atoms with E-state index < -0.39 is 18.1 Å². The Hall–Kier alpha value is -0.190. The van der Waals surface area contributed by atoms with E-state index in [0.29, 0.717) is 37.9 Å². The van der Waals surface area contributed by atoms with Crippen molar-refractivity contribution in [2.24, 2.45) is 17.8 Å². The van der Waals surface area contributed by atoms with Gasteiger partial charge in [-0.25, -0.2) is 4.39 Å². The van der Waals surface area contributed by atoms with Crippen molar-refractivity contribution in [3.8, 4) is 0 Å². The average Bonchev–Trinajstić information content (AvgIpc) is 2.80. The lowest BCUT2D eigenvalue weighted by Gasteiger charge is -2.33. The topological polar surface area (TPSA) is 38.7 Å². The van der Waals surface area contributed by atoms with Gasteiger partial charge in [-0.15, -0.1) is 0 Å². The Morgan fingerprint density at radius 1 is 1.25 bits per heavy atom. The number of hydrogen-bond acceptors (Lipinski definition) is 3. The number of ether oxygens (including phenoxy) is 2. The molecular formula is C12H19FO3. The number of hydrogen-bond donors (Lipinski definition) is 1. The minimum atomic E-state index is -1.07. The molecule has 3 fully saturated rings. The quantitative estimate of drug-likeness (QED) is 0.685. The largest absolute Gasteiger partial charge is 0.390 e. The molecule has 0 aromatic rings. The smallest absolute Gasteiger partial charge is 0.171 e. The SMILES string of the molecule is C[C@H]1[C@@H]2C[C@H](F)[C@@H](O)C[C@@H]2CC12OCCO2. The predicted octanol–water partition coefficient (Wildman–Crippen LogP) is 1.49. The Morgan fingerprint density at radius 2 is 1.94 bits per heavy atom. The van der Waals surface area contributed by atoms with Gasteiger partial charge in [0.15, 0.2) is 5.79 Å². The number of aliphatic hydroxyl groups excluding tert-OH is 1. The molecule has 0 radical (unpaired) electrons.